The largest absolute Gasteiger partial charge is 0.370 e. The predicted molar refractivity (Wildman–Crippen MR) is 81.4 cm³/mol. The molecule has 2 unspecified atom stereocenters. The molecular formula is C15H25ClN2. The molecule has 2 N–H and O–H groups in total. The molecule has 1 aromatic rings. The van der Waals surface area contributed by atoms with Crippen LogP contribution in [0.4, 0.5) is 5.69 Å². The van der Waals surface area contributed by atoms with E-state index in [1.165, 1.54) is 6.42 Å². The van der Waals surface area contributed by atoms with Crippen molar-refractivity contribution in [2.45, 2.75) is 40.2 Å². The molecule has 0 spiro atoms. The lowest BCUT2D eigenvalue weighted by molar-refractivity contribution is 0.548. The highest BCUT2D eigenvalue weighted by Crippen LogP contribution is 2.29. The Labute approximate surface area is 116 Å². The van der Waals surface area contributed by atoms with Gasteiger partial charge in [0, 0.05) is 19.1 Å². The van der Waals surface area contributed by atoms with Crippen molar-refractivity contribution in [3.63, 3.8) is 0 Å². The van der Waals surface area contributed by atoms with Crippen molar-refractivity contribution in [3.8, 4) is 0 Å². The van der Waals surface area contributed by atoms with E-state index >= 15 is 0 Å². The Balaban J connectivity index is 2.93. The van der Waals surface area contributed by atoms with Crippen LogP contribution in [-0.4, -0.2) is 13.1 Å². The van der Waals surface area contributed by atoms with Crippen LogP contribution in [0.15, 0.2) is 18.2 Å². The number of nitrogens with two attached hydrogens (primary N) is 1. The molecule has 0 aliphatic heterocycles. The quantitative estimate of drug-likeness (QED) is 0.836. The first-order valence-electron chi connectivity index (χ1n) is 6.79. The number of benzene rings is 1. The van der Waals surface area contributed by atoms with Crippen LogP contribution in [0.3, 0.4) is 0 Å². The minimum absolute atomic E-state index is 0.0289. The van der Waals surface area contributed by atoms with Crippen molar-refractivity contribution >= 4 is 17.3 Å². The first-order valence-corrected chi connectivity index (χ1v) is 7.17. The molecular weight excluding hydrogens is 244 g/mol. The molecule has 0 heterocycles. The van der Waals surface area contributed by atoms with Crippen LogP contribution in [0.5, 0.6) is 0 Å². The topological polar surface area (TPSA) is 29.3 Å². The molecule has 0 aliphatic rings. The standard InChI is InChI=1S/C15H25ClN2/c1-5-11(3)10-18(6-2)15-8-7-13(12(4)17)9-14(15)16/h7-9,11-12H,5-6,10,17H2,1-4H3. The zero-order valence-corrected chi connectivity index (χ0v) is 12.7. The summed E-state index contributed by atoms with van der Waals surface area (Å²) in [4.78, 5) is 2.33. The second-order valence-electron chi connectivity index (χ2n) is 5.05. The van der Waals surface area contributed by atoms with Crippen LogP contribution in [0.25, 0.3) is 0 Å². The van der Waals surface area contributed by atoms with E-state index in [1.54, 1.807) is 0 Å². The maximum atomic E-state index is 6.38. The van der Waals surface area contributed by atoms with Crippen LogP contribution in [0, 0.1) is 5.92 Å². The Morgan fingerprint density at radius 1 is 1.28 bits per heavy atom. The van der Waals surface area contributed by atoms with Crippen LogP contribution in [-0.2, 0) is 0 Å². The number of anilines is 1. The third-order valence-corrected chi connectivity index (χ3v) is 3.75. The molecule has 0 aromatic heterocycles. The van der Waals surface area contributed by atoms with E-state index in [0.717, 1.165) is 29.4 Å². The van der Waals surface area contributed by atoms with Gasteiger partial charge in [-0.2, -0.15) is 0 Å². The average Bonchev–Trinajstić information content (AvgIpc) is 2.35. The molecule has 2 nitrogen and oxygen atoms in total. The summed E-state index contributed by atoms with van der Waals surface area (Å²) in [7, 11) is 0. The predicted octanol–water partition coefficient (Wildman–Crippen LogP) is 4.23. The highest BCUT2D eigenvalue weighted by molar-refractivity contribution is 6.33. The molecule has 2 atom stereocenters. The van der Waals surface area contributed by atoms with E-state index in [-0.39, 0.29) is 6.04 Å². The zero-order chi connectivity index (χ0) is 13.7. The molecule has 0 amide bonds. The second kappa shape index (κ2) is 7.01. The molecule has 0 radical (unpaired) electrons. The summed E-state index contributed by atoms with van der Waals surface area (Å²) in [6.45, 7) is 10.7. The molecule has 0 saturated carbocycles. The molecule has 1 aromatic carbocycles. The molecule has 0 fully saturated rings. The van der Waals surface area contributed by atoms with Gasteiger partial charge in [-0.15, -0.1) is 0 Å². The lowest BCUT2D eigenvalue weighted by atomic mass is 10.1. The highest BCUT2D eigenvalue weighted by atomic mass is 35.5. The molecule has 102 valence electrons. The summed E-state index contributed by atoms with van der Waals surface area (Å²) in [5, 5.41) is 0.801. The zero-order valence-electron chi connectivity index (χ0n) is 11.9. The Hall–Kier alpha value is -0.730. The lowest BCUT2D eigenvalue weighted by Crippen LogP contribution is -2.28. The van der Waals surface area contributed by atoms with E-state index in [2.05, 4.69) is 37.8 Å². The Morgan fingerprint density at radius 2 is 1.94 bits per heavy atom. The van der Waals surface area contributed by atoms with Gasteiger partial charge in [0.1, 0.15) is 0 Å². The number of hydrogen-bond acceptors (Lipinski definition) is 2. The van der Waals surface area contributed by atoms with Gasteiger partial charge >= 0.3 is 0 Å². The number of halogens is 1. The first kappa shape index (κ1) is 15.3. The maximum absolute atomic E-state index is 6.38. The van der Waals surface area contributed by atoms with Crippen molar-refractivity contribution < 1.29 is 0 Å². The van der Waals surface area contributed by atoms with Gasteiger partial charge in [0.15, 0.2) is 0 Å². The summed E-state index contributed by atoms with van der Waals surface area (Å²) in [5.74, 6) is 0.675. The van der Waals surface area contributed by atoms with Gasteiger partial charge in [-0.25, -0.2) is 0 Å². The fourth-order valence-electron chi connectivity index (χ4n) is 1.97. The van der Waals surface area contributed by atoms with Gasteiger partial charge in [-0.05, 0) is 37.5 Å². The summed E-state index contributed by atoms with van der Waals surface area (Å²) in [6.07, 6.45) is 1.19. The second-order valence-corrected chi connectivity index (χ2v) is 5.46. The maximum Gasteiger partial charge on any atom is 0.0642 e. The van der Waals surface area contributed by atoms with Crippen molar-refractivity contribution in [2.24, 2.45) is 11.7 Å². The highest BCUT2D eigenvalue weighted by Gasteiger charge is 2.12. The van der Waals surface area contributed by atoms with Crippen molar-refractivity contribution in [1.82, 2.24) is 0 Å². The fourth-order valence-corrected chi connectivity index (χ4v) is 2.27. The number of hydrogen-bond donors (Lipinski definition) is 1. The normalized spacial score (nSPS) is 14.3. The molecule has 18 heavy (non-hydrogen) atoms. The van der Waals surface area contributed by atoms with Crippen molar-refractivity contribution in [1.29, 1.82) is 0 Å². The van der Waals surface area contributed by atoms with E-state index in [4.69, 9.17) is 17.3 Å². The first-order chi connectivity index (χ1) is 8.49. The summed E-state index contributed by atoms with van der Waals surface area (Å²) >= 11 is 6.38. The van der Waals surface area contributed by atoms with Crippen LogP contribution >= 0.6 is 11.6 Å². The summed E-state index contributed by atoms with van der Waals surface area (Å²) in [5.41, 5.74) is 8.07. The SMILES string of the molecule is CCC(C)CN(CC)c1ccc(C(C)N)cc1Cl. The number of rotatable bonds is 6. The smallest absolute Gasteiger partial charge is 0.0642 e. The Morgan fingerprint density at radius 3 is 2.39 bits per heavy atom. The van der Waals surface area contributed by atoms with Gasteiger partial charge < -0.3 is 10.6 Å². The van der Waals surface area contributed by atoms with Gasteiger partial charge in [0.05, 0.1) is 10.7 Å². The van der Waals surface area contributed by atoms with Gasteiger partial charge in [0.25, 0.3) is 0 Å². The molecule has 0 aliphatic carbocycles. The molecule has 0 saturated heterocycles. The van der Waals surface area contributed by atoms with E-state index < -0.39 is 0 Å². The van der Waals surface area contributed by atoms with Crippen molar-refractivity contribution in [3.05, 3.63) is 28.8 Å². The van der Waals surface area contributed by atoms with Crippen LogP contribution in [0.1, 0.15) is 45.7 Å². The van der Waals surface area contributed by atoms with Gasteiger partial charge in [-0.1, -0.05) is 37.9 Å². The monoisotopic (exact) mass is 268 g/mol. The summed E-state index contributed by atoms with van der Waals surface area (Å²) < 4.78 is 0. The molecule has 1 rings (SSSR count). The molecule has 0 bridgehead atoms. The van der Waals surface area contributed by atoms with Gasteiger partial charge in [-0.3, -0.25) is 0 Å². The van der Waals surface area contributed by atoms with Crippen LogP contribution < -0.4 is 10.6 Å². The number of nitrogens with zero attached hydrogens (tertiary/aromatic N) is 1. The van der Waals surface area contributed by atoms with E-state index in [1.807, 2.05) is 13.0 Å². The minimum Gasteiger partial charge on any atom is -0.370 e. The van der Waals surface area contributed by atoms with Gasteiger partial charge in [0.2, 0.25) is 0 Å². The van der Waals surface area contributed by atoms with Crippen LogP contribution in [0.2, 0.25) is 5.02 Å². The Bertz CT molecular complexity index is 377. The lowest BCUT2D eigenvalue weighted by Gasteiger charge is -2.27. The minimum atomic E-state index is 0.0289. The average molecular weight is 269 g/mol. The third-order valence-electron chi connectivity index (χ3n) is 3.45. The van der Waals surface area contributed by atoms with Crippen molar-refractivity contribution in [2.75, 3.05) is 18.0 Å². The Kier molecular flexibility index (Phi) is 5.97. The summed E-state index contributed by atoms with van der Waals surface area (Å²) in [6, 6.07) is 6.18. The van der Waals surface area contributed by atoms with E-state index in [0.29, 0.717) is 5.92 Å². The third kappa shape index (κ3) is 3.89. The molecule has 3 heteroatoms. The fraction of sp³-hybridized carbons (Fsp3) is 0.600. The van der Waals surface area contributed by atoms with E-state index in [9.17, 15) is 0 Å².